The molecule has 0 radical (unpaired) electrons. The van der Waals surface area contributed by atoms with E-state index < -0.39 is 0 Å². The van der Waals surface area contributed by atoms with Crippen molar-refractivity contribution < 1.29 is 19.0 Å². The number of ether oxygens (including phenoxy) is 3. The van der Waals surface area contributed by atoms with E-state index in [1.54, 1.807) is 12.1 Å². The van der Waals surface area contributed by atoms with Crippen LogP contribution < -0.4 is 14.2 Å². The van der Waals surface area contributed by atoms with Crippen molar-refractivity contribution in [3.8, 4) is 23.0 Å². The maximum Gasteiger partial charge on any atom is 0.203 e. The molecule has 0 bridgehead atoms. The zero-order chi connectivity index (χ0) is 14.5. The first kappa shape index (κ1) is 13.9. The molecule has 0 atom stereocenters. The summed E-state index contributed by atoms with van der Waals surface area (Å²) in [7, 11) is 3.04. The predicted octanol–water partition coefficient (Wildman–Crippen LogP) is 3.62. The predicted molar refractivity (Wildman–Crippen MR) is 76.2 cm³/mol. The number of rotatable bonds is 5. The van der Waals surface area contributed by atoms with Gasteiger partial charge in [-0.25, -0.2) is 0 Å². The quantitative estimate of drug-likeness (QED) is 0.780. The number of hydrogen-bond donors (Lipinski definition) is 0. The van der Waals surface area contributed by atoms with Crippen molar-refractivity contribution in [2.24, 2.45) is 0 Å². The Morgan fingerprint density at radius 1 is 0.950 bits per heavy atom. The van der Waals surface area contributed by atoms with Gasteiger partial charge < -0.3 is 14.2 Å². The number of aryl methyl sites for hydroxylation is 1. The molecule has 0 aliphatic carbocycles. The van der Waals surface area contributed by atoms with Crippen molar-refractivity contribution in [3.05, 3.63) is 47.5 Å². The molecule has 0 fully saturated rings. The van der Waals surface area contributed by atoms with E-state index in [1.165, 1.54) is 14.2 Å². The first-order chi connectivity index (χ1) is 9.67. The van der Waals surface area contributed by atoms with Crippen LogP contribution in [0.2, 0.25) is 0 Å². The monoisotopic (exact) mass is 272 g/mol. The molecule has 2 aromatic carbocycles. The van der Waals surface area contributed by atoms with Crippen molar-refractivity contribution in [1.29, 1.82) is 0 Å². The molecule has 4 heteroatoms. The fraction of sp³-hybridized carbons (Fsp3) is 0.188. The third-order valence-electron chi connectivity index (χ3n) is 2.85. The lowest BCUT2D eigenvalue weighted by atomic mass is 10.2. The number of carbonyl (C=O) groups is 1. The van der Waals surface area contributed by atoms with Gasteiger partial charge in [-0.1, -0.05) is 17.7 Å². The summed E-state index contributed by atoms with van der Waals surface area (Å²) in [5.74, 6) is 2.02. The highest BCUT2D eigenvalue weighted by Gasteiger charge is 2.14. The molecule has 2 aromatic rings. The Bertz CT molecular complexity index is 603. The zero-order valence-electron chi connectivity index (χ0n) is 11.7. The molecule has 0 aliphatic heterocycles. The molecule has 0 aromatic heterocycles. The Hall–Kier alpha value is -2.49. The second kappa shape index (κ2) is 6.10. The second-order valence-electron chi connectivity index (χ2n) is 4.29. The van der Waals surface area contributed by atoms with Crippen molar-refractivity contribution in [2.45, 2.75) is 6.92 Å². The van der Waals surface area contributed by atoms with Crippen LogP contribution >= 0.6 is 0 Å². The molecule has 0 saturated carbocycles. The summed E-state index contributed by atoms with van der Waals surface area (Å²) in [5, 5.41) is 0. The molecular formula is C16H16O4. The van der Waals surface area contributed by atoms with Crippen molar-refractivity contribution in [1.82, 2.24) is 0 Å². The summed E-state index contributed by atoms with van der Waals surface area (Å²) < 4.78 is 16.3. The Morgan fingerprint density at radius 2 is 1.60 bits per heavy atom. The van der Waals surface area contributed by atoms with E-state index in [4.69, 9.17) is 14.2 Å². The molecule has 4 nitrogen and oxygen atoms in total. The summed E-state index contributed by atoms with van der Waals surface area (Å²) in [6.45, 7) is 2.00. The van der Waals surface area contributed by atoms with Gasteiger partial charge in [0.25, 0.3) is 0 Å². The van der Waals surface area contributed by atoms with E-state index in [1.807, 2.05) is 31.2 Å². The number of carbonyl (C=O) groups excluding carboxylic acids is 1. The number of aldehydes is 1. The molecule has 104 valence electrons. The molecule has 0 spiro atoms. The average Bonchev–Trinajstić information content (AvgIpc) is 2.48. The Labute approximate surface area is 117 Å². The highest BCUT2D eigenvalue weighted by atomic mass is 16.5. The van der Waals surface area contributed by atoms with E-state index in [0.29, 0.717) is 28.6 Å². The highest BCUT2D eigenvalue weighted by molar-refractivity contribution is 5.78. The molecular weight excluding hydrogens is 256 g/mol. The molecule has 0 aliphatic rings. The van der Waals surface area contributed by atoms with Crippen LogP contribution in [0.3, 0.4) is 0 Å². The molecule has 0 saturated heterocycles. The van der Waals surface area contributed by atoms with Crippen LogP contribution in [0.4, 0.5) is 0 Å². The fourth-order valence-electron chi connectivity index (χ4n) is 1.83. The van der Waals surface area contributed by atoms with Gasteiger partial charge in [-0.15, -0.1) is 0 Å². The minimum Gasteiger partial charge on any atom is -0.493 e. The van der Waals surface area contributed by atoms with E-state index in [0.717, 1.165) is 11.8 Å². The van der Waals surface area contributed by atoms with Gasteiger partial charge in [-0.05, 0) is 31.2 Å². The van der Waals surface area contributed by atoms with Crippen molar-refractivity contribution in [2.75, 3.05) is 14.2 Å². The Kier molecular flexibility index (Phi) is 4.25. The summed E-state index contributed by atoms with van der Waals surface area (Å²) >= 11 is 0. The van der Waals surface area contributed by atoms with Crippen molar-refractivity contribution >= 4 is 6.29 Å². The van der Waals surface area contributed by atoms with Gasteiger partial charge in [0.2, 0.25) is 5.75 Å². The maximum atomic E-state index is 11.0. The summed E-state index contributed by atoms with van der Waals surface area (Å²) in [6, 6.07) is 10.8. The summed E-state index contributed by atoms with van der Waals surface area (Å²) in [4.78, 5) is 11.0. The molecule has 2 rings (SSSR count). The van der Waals surface area contributed by atoms with Gasteiger partial charge in [-0.2, -0.15) is 0 Å². The second-order valence-corrected chi connectivity index (χ2v) is 4.29. The van der Waals surface area contributed by atoms with E-state index >= 15 is 0 Å². The van der Waals surface area contributed by atoms with Crippen LogP contribution in [0, 0.1) is 6.92 Å². The lowest BCUT2D eigenvalue weighted by Gasteiger charge is -2.14. The normalized spacial score (nSPS) is 9.95. The lowest BCUT2D eigenvalue weighted by Crippen LogP contribution is -1.96. The zero-order valence-corrected chi connectivity index (χ0v) is 11.7. The first-order valence-corrected chi connectivity index (χ1v) is 6.13. The fourth-order valence-corrected chi connectivity index (χ4v) is 1.83. The minimum absolute atomic E-state index is 0.442. The molecule has 0 N–H and O–H groups in total. The van der Waals surface area contributed by atoms with Crippen molar-refractivity contribution in [3.63, 3.8) is 0 Å². The standard InChI is InChI=1S/C16H16O4/c1-11-4-6-13(7-5-11)20-15-9-12(10-17)8-14(18-2)16(15)19-3/h4-10H,1-3H3. The minimum atomic E-state index is 0.442. The summed E-state index contributed by atoms with van der Waals surface area (Å²) in [5.41, 5.74) is 1.60. The number of hydrogen-bond acceptors (Lipinski definition) is 4. The smallest absolute Gasteiger partial charge is 0.203 e. The topological polar surface area (TPSA) is 44.8 Å². The van der Waals surface area contributed by atoms with Crippen LogP contribution in [0.15, 0.2) is 36.4 Å². The SMILES string of the molecule is COc1cc(C=O)cc(Oc2ccc(C)cc2)c1OC. The highest BCUT2D eigenvalue weighted by Crippen LogP contribution is 2.40. The maximum absolute atomic E-state index is 11.0. The van der Waals surface area contributed by atoms with Crippen LogP contribution in [-0.2, 0) is 0 Å². The number of benzene rings is 2. The lowest BCUT2D eigenvalue weighted by molar-refractivity contribution is 0.112. The van der Waals surface area contributed by atoms with Gasteiger partial charge in [0.1, 0.15) is 12.0 Å². The molecule has 20 heavy (non-hydrogen) atoms. The number of methoxy groups -OCH3 is 2. The van der Waals surface area contributed by atoms with Gasteiger partial charge in [0, 0.05) is 5.56 Å². The molecule has 0 unspecified atom stereocenters. The van der Waals surface area contributed by atoms with Crippen LogP contribution in [0.1, 0.15) is 15.9 Å². The van der Waals surface area contributed by atoms with Gasteiger partial charge in [0.05, 0.1) is 14.2 Å². The Balaban J connectivity index is 2.43. The van der Waals surface area contributed by atoms with Crippen LogP contribution in [0.25, 0.3) is 0 Å². The third-order valence-corrected chi connectivity index (χ3v) is 2.85. The largest absolute Gasteiger partial charge is 0.493 e. The van der Waals surface area contributed by atoms with E-state index in [-0.39, 0.29) is 0 Å². The van der Waals surface area contributed by atoms with Gasteiger partial charge in [0.15, 0.2) is 11.5 Å². The van der Waals surface area contributed by atoms with Gasteiger partial charge in [-0.3, -0.25) is 4.79 Å². The van der Waals surface area contributed by atoms with Crippen LogP contribution in [0.5, 0.6) is 23.0 Å². The van der Waals surface area contributed by atoms with Crippen LogP contribution in [-0.4, -0.2) is 20.5 Å². The first-order valence-electron chi connectivity index (χ1n) is 6.13. The molecule has 0 heterocycles. The van der Waals surface area contributed by atoms with E-state index in [9.17, 15) is 4.79 Å². The third kappa shape index (κ3) is 2.91. The van der Waals surface area contributed by atoms with Gasteiger partial charge >= 0.3 is 0 Å². The molecule has 0 amide bonds. The average molecular weight is 272 g/mol. The summed E-state index contributed by atoms with van der Waals surface area (Å²) in [6.07, 6.45) is 0.740. The Morgan fingerprint density at radius 3 is 2.15 bits per heavy atom. The van der Waals surface area contributed by atoms with E-state index in [2.05, 4.69) is 0 Å².